The van der Waals surface area contributed by atoms with Gasteiger partial charge in [0.05, 0.1) is 6.61 Å². The van der Waals surface area contributed by atoms with Crippen molar-refractivity contribution in [3.63, 3.8) is 0 Å². The zero-order valence-corrected chi connectivity index (χ0v) is 25.9. The van der Waals surface area contributed by atoms with Gasteiger partial charge in [-0.25, -0.2) is 9.59 Å². The van der Waals surface area contributed by atoms with Crippen LogP contribution in [-0.2, 0) is 30.4 Å². The van der Waals surface area contributed by atoms with Gasteiger partial charge in [0.15, 0.2) is 0 Å². The van der Waals surface area contributed by atoms with E-state index in [-0.39, 0.29) is 11.7 Å². The van der Waals surface area contributed by atoms with Gasteiger partial charge in [0, 0.05) is 20.8 Å². The molecule has 0 fully saturated rings. The Hall–Kier alpha value is -3.56. The van der Waals surface area contributed by atoms with Crippen molar-refractivity contribution < 1.29 is 19.4 Å². The third kappa shape index (κ3) is 7.25. The maximum absolute atomic E-state index is 11.8. The number of carboxylic acid groups (broad SMARTS) is 1. The Labute approximate surface area is 260 Å². The quantitative estimate of drug-likeness (QED) is 0.138. The van der Waals surface area contributed by atoms with Crippen molar-refractivity contribution in [2.45, 2.75) is 32.6 Å². The fourth-order valence-corrected chi connectivity index (χ4v) is 6.84. The number of aromatic amines is 2. The third-order valence-corrected chi connectivity index (χ3v) is 9.24. The number of aromatic carboxylic acids is 1. The monoisotopic (exact) mass is 638 g/mol. The number of carboxylic acids is 1. The number of ether oxygens (including phenoxy) is 1. The smallest absolute Gasteiger partial charge is 0.354 e. The first kappa shape index (κ1) is 29.9. The molecule has 4 aromatic heterocycles. The van der Waals surface area contributed by atoms with Crippen molar-refractivity contribution in [1.82, 2.24) is 9.97 Å². The zero-order chi connectivity index (χ0) is 29.6. The number of hydrogen-bond acceptors (Lipinski definition) is 5. The van der Waals surface area contributed by atoms with E-state index >= 15 is 0 Å². The first-order chi connectivity index (χ1) is 20.3. The van der Waals surface area contributed by atoms with Crippen LogP contribution in [0.2, 0.25) is 10.0 Å². The van der Waals surface area contributed by atoms with Gasteiger partial charge in [-0.3, -0.25) is 0 Å². The summed E-state index contributed by atoms with van der Waals surface area (Å²) in [5, 5.41) is 16.8. The highest BCUT2D eigenvalue weighted by molar-refractivity contribution is 7.17. The molecule has 0 saturated heterocycles. The normalized spacial score (nSPS) is 11.0. The van der Waals surface area contributed by atoms with E-state index < -0.39 is 5.97 Å². The van der Waals surface area contributed by atoms with Crippen molar-refractivity contribution in [2.75, 3.05) is 6.61 Å². The summed E-state index contributed by atoms with van der Waals surface area (Å²) in [6.07, 6.45) is 3.68. The molecule has 0 unspecified atom stereocenters. The molecule has 3 N–H and O–H groups in total. The number of halogens is 2. The number of hydrogen-bond donors (Lipinski definition) is 3. The minimum absolute atomic E-state index is 0.250. The van der Waals surface area contributed by atoms with Crippen molar-refractivity contribution in [3.8, 4) is 0 Å². The van der Waals surface area contributed by atoms with Crippen molar-refractivity contribution in [3.05, 3.63) is 115 Å². The first-order valence-electron chi connectivity index (χ1n) is 13.4. The lowest BCUT2D eigenvalue weighted by Gasteiger charge is -2.01. The number of nitrogens with one attached hydrogen (secondary N) is 2. The molecule has 0 saturated carbocycles. The van der Waals surface area contributed by atoms with Gasteiger partial charge in [-0.1, -0.05) is 47.5 Å². The Balaban J connectivity index is 0.000000169. The van der Waals surface area contributed by atoms with E-state index in [1.54, 1.807) is 35.7 Å². The maximum atomic E-state index is 11.8. The molecule has 0 aliphatic carbocycles. The van der Waals surface area contributed by atoms with E-state index in [2.05, 4.69) is 20.7 Å². The summed E-state index contributed by atoms with van der Waals surface area (Å²) in [5.74, 6) is -1.22. The number of carbonyl (C=O) groups excluding carboxylic acids is 1. The first-order valence-corrected chi connectivity index (χ1v) is 15.9. The average Bonchev–Trinajstić information content (AvgIpc) is 3.75. The largest absolute Gasteiger partial charge is 0.477 e. The van der Waals surface area contributed by atoms with E-state index in [1.807, 2.05) is 54.6 Å². The standard InChI is InChI=1S/C17H16ClNO2S.C15H12ClNO2S/c1-2-21-17(20)15-9-14-12(10-22-16(14)19-15)6-3-11-4-7-13(18)8-5-11;16-11-5-2-9(3-6-11)1-4-10-8-20-14-12(10)7-13(17-14)15(18)19/h4-5,7-10,19H,2-3,6H2,1H3;2-3,5-8,17H,1,4H2,(H,18,19). The molecule has 10 heteroatoms. The zero-order valence-electron chi connectivity index (χ0n) is 22.7. The summed E-state index contributed by atoms with van der Waals surface area (Å²) in [4.78, 5) is 30.7. The lowest BCUT2D eigenvalue weighted by atomic mass is 10.1. The molecular weight excluding hydrogens is 611 g/mol. The summed E-state index contributed by atoms with van der Waals surface area (Å²) in [6.45, 7) is 2.19. The van der Waals surface area contributed by atoms with Crippen LogP contribution in [0, 0.1) is 0 Å². The molecular formula is C32H28Cl2N2O4S2. The molecule has 0 atom stereocenters. The van der Waals surface area contributed by atoms with Gasteiger partial charge in [-0.05, 0) is 102 Å². The van der Waals surface area contributed by atoms with Crippen LogP contribution in [0.4, 0.5) is 0 Å². The molecule has 0 bridgehead atoms. The van der Waals surface area contributed by atoms with E-state index in [9.17, 15) is 9.59 Å². The highest BCUT2D eigenvalue weighted by Gasteiger charge is 2.14. The lowest BCUT2D eigenvalue weighted by Crippen LogP contribution is -2.04. The number of fused-ring (bicyclic) bond motifs is 2. The van der Waals surface area contributed by atoms with Gasteiger partial charge in [0.2, 0.25) is 0 Å². The van der Waals surface area contributed by atoms with Crippen LogP contribution >= 0.6 is 45.9 Å². The molecule has 216 valence electrons. The van der Waals surface area contributed by atoms with Crippen LogP contribution in [0.15, 0.2) is 71.4 Å². The molecule has 0 spiro atoms. The van der Waals surface area contributed by atoms with Gasteiger partial charge in [-0.2, -0.15) is 0 Å². The van der Waals surface area contributed by atoms with Crippen molar-refractivity contribution in [2.24, 2.45) is 0 Å². The number of rotatable bonds is 9. The van der Waals surface area contributed by atoms with Crippen LogP contribution in [0.3, 0.4) is 0 Å². The molecule has 42 heavy (non-hydrogen) atoms. The second kappa shape index (κ2) is 13.6. The van der Waals surface area contributed by atoms with Gasteiger partial charge >= 0.3 is 11.9 Å². The Morgan fingerprint density at radius 1 is 0.738 bits per heavy atom. The molecule has 6 rings (SSSR count). The number of thiophene rings is 2. The van der Waals surface area contributed by atoms with E-state index in [4.69, 9.17) is 33.0 Å². The number of aryl methyl sites for hydroxylation is 4. The van der Waals surface area contributed by atoms with Crippen LogP contribution in [0.25, 0.3) is 20.4 Å². The Morgan fingerprint density at radius 3 is 1.64 bits per heavy atom. The predicted molar refractivity (Wildman–Crippen MR) is 173 cm³/mol. The molecule has 6 aromatic rings. The Morgan fingerprint density at radius 2 is 1.19 bits per heavy atom. The second-order valence-corrected chi connectivity index (χ2v) is 12.3. The second-order valence-electron chi connectivity index (χ2n) is 9.65. The number of esters is 1. The van der Waals surface area contributed by atoms with Crippen LogP contribution in [0.5, 0.6) is 0 Å². The summed E-state index contributed by atoms with van der Waals surface area (Å²) < 4.78 is 5.03. The van der Waals surface area contributed by atoms with Crippen LogP contribution in [0.1, 0.15) is 50.2 Å². The lowest BCUT2D eigenvalue weighted by molar-refractivity contribution is 0.0520. The molecule has 4 heterocycles. The minimum atomic E-state index is -0.919. The van der Waals surface area contributed by atoms with E-state index in [0.717, 1.165) is 56.2 Å². The summed E-state index contributed by atoms with van der Waals surface area (Å²) in [6, 6.07) is 19.3. The van der Waals surface area contributed by atoms with Gasteiger partial charge in [0.25, 0.3) is 0 Å². The molecule has 0 radical (unpaired) electrons. The maximum Gasteiger partial charge on any atom is 0.354 e. The molecule has 0 aliphatic heterocycles. The van der Waals surface area contributed by atoms with E-state index in [1.165, 1.54) is 22.3 Å². The molecule has 6 nitrogen and oxygen atoms in total. The fraction of sp³-hybridized carbons (Fsp3) is 0.188. The average molecular weight is 640 g/mol. The Bertz CT molecular complexity index is 1820. The van der Waals surface area contributed by atoms with Crippen LogP contribution in [-0.4, -0.2) is 33.6 Å². The number of H-pyrrole nitrogens is 2. The van der Waals surface area contributed by atoms with E-state index in [0.29, 0.717) is 12.3 Å². The predicted octanol–water partition coefficient (Wildman–Crippen LogP) is 9.21. The highest BCUT2D eigenvalue weighted by atomic mass is 35.5. The molecule has 0 amide bonds. The SMILES string of the molecule is CCOC(=O)c1cc2c(CCc3ccc(Cl)cc3)csc2[nH]1.O=C(O)c1cc2c(CCc3ccc(Cl)cc3)csc2[nH]1. The summed E-state index contributed by atoms with van der Waals surface area (Å²) in [5.41, 5.74) is 5.69. The van der Waals surface area contributed by atoms with Gasteiger partial charge in [-0.15, -0.1) is 22.7 Å². The van der Waals surface area contributed by atoms with Gasteiger partial charge in [0.1, 0.15) is 21.0 Å². The van der Waals surface area contributed by atoms with Crippen molar-refractivity contribution >= 4 is 78.2 Å². The van der Waals surface area contributed by atoms with Crippen molar-refractivity contribution in [1.29, 1.82) is 0 Å². The van der Waals surface area contributed by atoms with Gasteiger partial charge < -0.3 is 19.8 Å². The number of carbonyl (C=O) groups is 2. The number of benzene rings is 2. The Kier molecular flexibility index (Phi) is 9.69. The fourth-order valence-electron chi connectivity index (χ4n) is 4.60. The summed E-state index contributed by atoms with van der Waals surface area (Å²) in [7, 11) is 0. The summed E-state index contributed by atoms with van der Waals surface area (Å²) >= 11 is 14.9. The highest BCUT2D eigenvalue weighted by Crippen LogP contribution is 2.29. The molecule has 2 aromatic carbocycles. The van der Waals surface area contributed by atoms with Crippen LogP contribution < -0.4 is 0 Å². The topological polar surface area (TPSA) is 95.2 Å². The number of aromatic nitrogens is 2. The third-order valence-electron chi connectivity index (χ3n) is 6.81. The molecule has 0 aliphatic rings. The minimum Gasteiger partial charge on any atom is -0.477 e.